The van der Waals surface area contributed by atoms with Crippen molar-refractivity contribution in [3.05, 3.63) is 22.8 Å². The van der Waals surface area contributed by atoms with Gasteiger partial charge in [-0.1, -0.05) is 23.4 Å². The Hall–Kier alpha value is -0.950. The van der Waals surface area contributed by atoms with Gasteiger partial charge in [0.25, 0.3) is 0 Å². The normalized spacial score (nSPS) is 32.7. The van der Waals surface area contributed by atoms with Gasteiger partial charge in [-0.05, 0) is 62.3 Å². The number of pyridine rings is 1. The standard InChI is InChI=1S/C18H20ClF3N2OS/c19-14-4-13(18(20,21)22)8-23-16(14)26-9-15(25)24-17-5-10-1-11(6-17)3-12(2-10)7-17/h4,8,10-12H,1-3,5-7,9H2,(H,24,25). The highest BCUT2D eigenvalue weighted by molar-refractivity contribution is 8.00. The van der Waals surface area contributed by atoms with Crippen LogP contribution in [0.2, 0.25) is 5.02 Å². The number of amides is 1. The van der Waals surface area contributed by atoms with Gasteiger partial charge < -0.3 is 5.32 Å². The number of rotatable bonds is 4. The number of aromatic nitrogens is 1. The Kier molecular flexibility index (Phi) is 4.66. The second kappa shape index (κ2) is 6.59. The van der Waals surface area contributed by atoms with Crippen LogP contribution in [0.4, 0.5) is 13.2 Å². The molecule has 3 nitrogen and oxygen atoms in total. The lowest BCUT2D eigenvalue weighted by Gasteiger charge is -2.56. The van der Waals surface area contributed by atoms with Gasteiger partial charge in [-0.15, -0.1) is 0 Å². The molecule has 4 saturated carbocycles. The van der Waals surface area contributed by atoms with Crippen LogP contribution >= 0.6 is 23.4 Å². The molecule has 4 aliphatic rings. The summed E-state index contributed by atoms with van der Waals surface area (Å²) in [5.41, 5.74) is -0.950. The topological polar surface area (TPSA) is 42.0 Å². The summed E-state index contributed by atoms with van der Waals surface area (Å²) in [5, 5.41) is 3.41. The smallest absolute Gasteiger partial charge is 0.350 e. The van der Waals surface area contributed by atoms with Crippen molar-refractivity contribution in [3.8, 4) is 0 Å². The lowest BCUT2D eigenvalue weighted by atomic mass is 9.53. The van der Waals surface area contributed by atoms with Crippen molar-refractivity contribution in [1.29, 1.82) is 0 Å². The second-order valence-electron chi connectivity index (χ2n) is 8.04. The number of hydrogen-bond acceptors (Lipinski definition) is 3. The molecule has 142 valence electrons. The Labute approximate surface area is 159 Å². The zero-order valence-corrected chi connectivity index (χ0v) is 15.7. The number of hydrogen-bond donors (Lipinski definition) is 1. The molecule has 4 fully saturated rings. The van der Waals surface area contributed by atoms with Crippen LogP contribution in [0.15, 0.2) is 17.3 Å². The predicted octanol–water partition coefficient (Wildman–Crippen LogP) is 4.93. The minimum absolute atomic E-state index is 0.0657. The van der Waals surface area contributed by atoms with E-state index < -0.39 is 11.7 Å². The third-order valence-corrected chi connectivity index (χ3v) is 7.32. The summed E-state index contributed by atoms with van der Waals surface area (Å²) < 4.78 is 38.0. The van der Waals surface area contributed by atoms with E-state index in [9.17, 15) is 18.0 Å². The number of alkyl halides is 3. The Morgan fingerprint density at radius 3 is 2.31 bits per heavy atom. The van der Waals surface area contributed by atoms with E-state index >= 15 is 0 Å². The van der Waals surface area contributed by atoms with Gasteiger partial charge in [0.05, 0.1) is 16.3 Å². The molecule has 1 N–H and O–H groups in total. The van der Waals surface area contributed by atoms with Crippen LogP contribution < -0.4 is 5.32 Å². The fourth-order valence-corrected chi connectivity index (χ4v) is 6.41. The number of halogens is 4. The fraction of sp³-hybridized carbons (Fsp3) is 0.667. The Balaban J connectivity index is 1.36. The van der Waals surface area contributed by atoms with Crippen molar-refractivity contribution in [2.24, 2.45) is 17.8 Å². The van der Waals surface area contributed by atoms with E-state index in [-0.39, 0.29) is 27.2 Å². The molecular formula is C18H20ClF3N2OS. The fourth-order valence-electron chi connectivity index (χ4n) is 5.42. The molecule has 1 heterocycles. The van der Waals surface area contributed by atoms with Gasteiger partial charge in [0.1, 0.15) is 5.03 Å². The molecule has 4 bridgehead atoms. The van der Waals surface area contributed by atoms with Crippen molar-refractivity contribution in [1.82, 2.24) is 10.3 Å². The van der Waals surface area contributed by atoms with Gasteiger partial charge in [-0.2, -0.15) is 13.2 Å². The van der Waals surface area contributed by atoms with Crippen LogP contribution in [-0.2, 0) is 11.0 Å². The molecule has 0 saturated heterocycles. The first-order chi connectivity index (χ1) is 12.2. The average molecular weight is 405 g/mol. The van der Waals surface area contributed by atoms with Crippen LogP contribution in [0.3, 0.4) is 0 Å². The molecule has 8 heteroatoms. The third kappa shape index (κ3) is 3.70. The highest BCUT2D eigenvalue weighted by atomic mass is 35.5. The summed E-state index contributed by atoms with van der Waals surface area (Å²) in [4.78, 5) is 16.2. The minimum atomic E-state index is -4.48. The molecule has 26 heavy (non-hydrogen) atoms. The summed E-state index contributed by atoms with van der Waals surface area (Å²) >= 11 is 6.98. The summed E-state index contributed by atoms with van der Waals surface area (Å²) in [5.74, 6) is 2.23. The van der Waals surface area contributed by atoms with Gasteiger partial charge in [-0.25, -0.2) is 4.98 Å². The van der Waals surface area contributed by atoms with Gasteiger partial charge in [0, 0.05) is 11.7 Å². The zero-order valence-electron chi connectivity index (χ0n) is 14.1. The third-order valence-electron chi connectivity index (χ3n) is 5.92. The molecule has 4 aliphatic carbocycles. The van der Waals surface area contributed by atoms with E-state index in [4.69, 9.17) is 11.6 Å². The molecule has 5 rings (SSSR count). The highest BCUT2D eigenvalue weighted by Gasteiger charge is 2.51. The van der Waals surface area contributed by atoms with E-state index in [1.807, 2.05) is 0 Å². The van der Waals surface area contributed by atoms with Crippen molar-refractivity contribution >= 4 is 29.3 Å². The molecule has 0 aliphatic heterocycles. The van der Waals surface area contributed by atoms with Crippen molar-refractivity contribution < 1.29 is 18.0 Å². The maximum atomic E-state index is 12.7. The van der Waals surface area contributed by atoms with Crippen molar-refractivity contribution in [2.45, 2.75) is 55.3 Å². The number of thioether (sulfide) groups is 1. The van der Waals surface area contributed by atoms with Crippen molar-refractivity contribution in [3.63, 3.8) is 0 Å². The number of nitrogens with one attached hydrogen (secondary N) is 1. The summed E-state index contributed by atoms with van der Waals surface area (Å²) in [6, 6.07) is 0.855. The Morgan fingerprint density at radius 2 is 1.81 bits per heavy atom. The highest BCUT2D eigenvalue weighted by Crippen LogP contribution is 2.55. The summed E-state index contributed by atoms with van der Waals surface area (Å²) in [6.45, 7) is 0. The lowest BCUT2D eigenvalue weighted by molar-refractivity contribution is -0.137. The van der Waals surface area contributed by atoms with Gasteiger partial charge >= 0.3 is 6.18 Å². The molecule has 0 unspecified atom stereocenters. The zero-order chi connectivity index (χ0) is 18.5. The summed E-state index contributed by atoms with van der Waals surface area (Å²) in [7, 11) is 0. The number of carbonyl (C=O) groups is 1. The van der Waals surface area contributed by atoms with E-state index in [2.05, 4.69) is 10.3 Å². The largest absolute Gasteiger partial charge is 0.417 e. The Morgan fingerprint density at radius 1 is 1.23 bits per heavy atom. The van der Waals surface area contributed by atoms with Crippen molar-refractivity contribution in [2.75, 3.05) is 5.75 Å². The first-order valence-corrected chi connectivity index (χ1v) is 10.3. The van der Waals surface area contributed by atoms with E-state index in [0.717, 1.165) is 61.0 Å². The maximum absolute atomic E-state index is 12.7. The van der Waals surface area contributed by atoms with E-state index in [1.165, 1.54) is 19.3 Å². The van der Waals surface area contributed by atoms with Crippen LogP contribution in [0, 0.1) is 17.8 Å². The van der Waals surface area contributed by atoms with Crippen LogP contribution in [0.25, 0.3) is 0 Å². The van der Waals surface area contributed by atoms with E-state index in [1.54, 1.807) is 0 Å². The minimum Gasteiger partial charge on any atom is -0.350 e. The van der Waals surface area contributed by atoms with Gasteiger partial charge in [-0.3, -0.25) is 4.79 Å². The second-order valence-corrected chi connectivity index (χ2v) is 9.41. The van der Waals surface area contributed by atoms with Gasteiger partial charge in [0.2, 0.25) is 5.91 Å². The molecule has 0 radical (unpaired) electrons. The van der Waals surface area contributed by atoms with Crippen LogP contribution in [-0.4, -0.2) is 22.2 Å². The van der Waals surface area contributed by atoms with Gasteiger partial charge in [0.15, 0.2) is 0 Å². The molecule has 0 aromatic carbocycles. The van der Waals surface area contributed by atoms with Crippen LogP contribution in [0.5, 0.6) is 0 Å². The molecule has 0 atom stereocenters. The number of carbonyl (C=O) groups excluding carboxylic acids is 1. The molecular weight excluding hydrogens is 385 g/mol. The first kappa shape index (κ1) is 18.4. The average Bonchev–Trinajstić information content (AvgIpc) is 2.51. The molecule has 1 aromatic heterocycles. The van der Waals surface area contributed by atoms with Crippen LogP contribution in [0.1, 0.15) is 44.1 Å². The number of nitrogens with zero attached hydrogens (tertiary/aromatic N) is 1. The Bertz CT molecular complexity index is 690. The summed E-state index contributed by atoms with van der Waals surface area (Å²) in [6.07, 6.45) is 3.37. The quantitative estimate of drug-likeness (QED) is 0.723. The molecule has 0 spiro atoms. The first-order valence-electron chi connectivity index (χ1n) is 8.89. The predicted molar refractivity (Wildman–Crippen MR) is 94.0 cm³/mol. The monoisotopic (exact) mass is 404 g/mol. The molecule has 1 amide bonds. The maximum Gasteiger partial charge on any atom is 0.417 e. The lowest BCUT2D eigenvalue weighted by Crippen LogP contribution is -2.60. The molecule has 1 aromatic rings. The SMILES string of the molecule is O=C(CSc1ncc(C(F)(F)F)cc1Cl)NC12CC3CC(CC(C3)C1)C2. The van der Waals surface area contributed by atoms with E-state index in [0.29, 0.717) is 0 Å².